The van der Waals surface area contributed by atoms with E-state index in [-0.39, 0.29) is 6.10 Å². The van der Waals surface area contributed by atoms with Crippen LogP contribution in [0.5, 0.6) is 0 Å². The number of thioether (sulfide) groups is 1. The Balaban J connectivity index is 1.60. The van der Waals surface area contributed by atoms with Crippen molar-refractivity contribution in [2.75, 3.05) is 5.75 Å². The molecule has 27 heavy (non-hydrogen) atoms. The lowest BCUT2D eigenvalue weighted by molar-refractivity contribution is 0.163. The summed E-state index contributed by atoms with van der Waals surface area (Å²) in [4.78, 5) is 0. The smallest absolute Gasteiger partial charge is 0.0790 e. The highest BCUT2D eigenvalue weighted by atomic mass is 35.5. The fraction of sp³-hybridized carbons (Fsp3) is 0.478. The number of hydrogen-bond donors (Lipinski definition) is 1. The van der Waals surface area contributed by atoms with E-state index in [4.69, 9.17) is 11.6 Å². The second-order valence-corrected chi connectivity index (χ2v) is 10.1. The van der Waals surface area contributed by atoms with E-state index in [1.165, 1.54) is 28.2 Å². The maximum Gasteiger partial charge on any atom is 0.0790 e. The van der Waals surface area contributed by atoms with Crippen LogP contribution in [0.15, 0.2) is 51.0 Å². The average molecular weight is 421 g/mol. The molecular weight excluding hydrogens is 392 g/mol. The molecule has 1 aromatic heterocycles. The van der Waals surface area contributed by atoms with Crippen LogP contribution >= 0.6 is 34.7 Å². The SMILES string of the molecule is CCCCCC(O)c1ccc(C2=C(Cl)CC[C@@H]2CCSc2cccs2)cc1. The largest absolute Gasteiger partial charge is 0.388 e. The van der Waals surface area contributed by atoms with Crippen molar-refractivity contribution in [2.24, 2.45) is 5.92 Å². The highest BCUT2D eigenvalue weighted by Crippen LogP contribution is 2.43. The van der Waals surface area contributed by atoms with Crippen LogP contribution in [0.25, 0.3) is 5.57 Å². The fourth-order valence-corrected chi connectivity index (χ4v) is 6.06. The highest BCUT2D eigenvalue weighted by Gasteiger charge is 2.25. The van der Waals surface area contributed by atoms with Crippen LogP contribution in [-0.4, -0.2) is 10.9 Å². The van der Waals surface area contributed by atoms with Gasteiger partial charge in [-0.05, 0) is 65.5 Å². The van der Waals surface area contributed by atoms with Gasteiger partial charge >= 0.3 is 0 Å². The third-order valence-electron chi connectivity index (χ3n) is 5.31. The first-order valence-electron chi connectivity index (χ1n) is 10.0. The topological polar surface area (TPSA) is 20.2 Å². The molecule has 1 heterocycles. The average Bonchev–Trinajstić information content (AvgIpc) is 3.32. The van der Waals surface area contributed by atoms with Gasteiger partial charge in [-0.15, -0.1) is 23.1 Å². The molecule has 0 amide bonds. The number of aliphatic hydroxyl groups is 1. The summed E-state index contributed by atoms with van der Waals surface area (Å²) in [5.41, 5.74) is 3.58. The number of halogens is 1. The zero-order valence-corrected chi connectivity index (χ0v) is 18.4. The molecule has 0 radical (unpaired) electrons. The van der Waals surface area contributed by atoms with Gasteiger partial charge in [0, 0.05) is 5.03 Å². The van der Waals surface area contributed by atoms with Crippen molar-refractivity contribution in [1.82, 2.24) is 0 Å². The molecule has 3 rings (SSSR count). The molecule has 0 spiro atoms. The molecule has 0 bridgehead atoms. The molecule has 0 saturated carbocycles. The summed E-state index contributed by atoms with van der Waals surface area (Å²) in [6.07, 6.45) is 7.26. The van der Waals surface area contributed by atoms with E-state index < -0.39 is 0 Å². The monoisotopic (exact) mass is 420 g/mol. The summed E-state index contributed by atoms with van der Waals surface area (Å²) >= 11 is 10.4. The van der Waals surface area contributed by atoms with Crippen LogP contribution in [0.1, 0.15) is 69.1 Å². The number of aliphatic hydroxyl groups excluding tert-OH is 1. The summed E-state index contributed by atoms with van der Waals surface area (Å²) in [6, 6.07) is 12.8. The summed E-state index contributed by atoms with van der Waals surface area (Å²) < 4.78 is 1.39. The van der Waals surface area contributed by atoms with Crippen molar-refractivity contribution in [1.29, 1.82) is 0 Å². The minimum atomic E-state index is -0.350. The predicted octanol–water partition coefficient (Wildman–Crippen LogP) is 7.90. The Morgan fingerprint density at radius 3 is 2.74 bits per heavy atom. The van der Waals surface area contributed by atoms with Crippen molar-refractivity contribution >= 4 is 40.3 Å². The second-order valence-electron chi connectivity index (χ2n) is 7.26. The Morgan fingerprint density at radius 2 is 2.04 bits per heavy atom. The van der Waals surface area contributed by atoms with Gasteiger partial charge in [0.25, 0.3) is 0 Å². The van der Waals surface area contributed by atoms with Crippen molar-refractivity contribution in [2.45, 2.75) is 62.2 Å². The van der Waals surface area contributed by atoms with Crippen molar-refractivity contribution in [3.63, 3.8) is 0 Å². The lowest BCUT2D eigenvalue weighted by Gasteiger charge is -2.17. The number of hydrogen-bond acceptors (Lipinski definition) is 3. The van der Waals surface area contributed by atoms with Crippen LogP contribution < -0.4 is 0 Å². The van der Waals surface area contributed by atoms with E-state index in [2.05, 4.69) is 48.7 Å². The highest BCUT2D eigenvalue weighted by molar-refractivity contribution is 8.01. The minimum Gasteiger partial charge on any atom is -0.388 e. The van der Waals surface area contributed by atoms with Gasteiger partial charge in [0.05, 0.1) is 10.3 Å². The van der Waals surface area contributed by atoms with Crippen molar-refractivity contribution in [3.05, 3.63) is 57.9 Å². The van der Waals surface area contributed by atoms with Crippen molar-refractivity contribution in [3.8, 4) is 0 Å². The zero-order chi connectivity index (χ0) is 19.1. The maximum absolute atomic E-state index is 10.4. The van der Waals surface area contributed by atoms with Crippen LogP contribution in [0.4, 0.5) is 0 Å². The molecule has 0 fully saturated rings. The number of allylic oxidation sites excluding steroid dienone is 2. The molecule has 4 heteroatoms. The van der Waals surface area contributed by atoms with Gasteiger partial charge in [-0.25, -0.2) is 0 Å². The third kappa shape index (κ3) is 5.87. The lowest BCUT2D eigenvalue weighted by atomic mass is 9.91. The lowest BCUT2D eigenvalue weighted by Crippen LogP contribution is -2.02. The zero-order valence-electron chi connectivity index (χ0n) is 16.0. The van der Waals surface area contributed by atoms with Gasteiger partial charge in [0.15, 0.2) is 0 Å². The molecule has 0 aliphatic heterocycles. The van der Waals surface area contributed by atoms with Gasteiger partial charge in [-0.1, -0.05) is 68.1 Å². The molecule has 146 valence electrons. The normalized spacial score (nSPS) is 18.3. The molecule has 2 aromatic rings. The Bertz CT molecular complexity index is 721. The Labute approximate surface area is 176 Å². The Hall–Kier alpha value is -0.740. The first kappa shape index (κ1) is 21.0. The van der Waals surface area contributed by atoms with Crippen LogP contribution in [0, 0.1) is 5.92 Å². The van der Waals surface area contributed by atoms with Crippen LogP contribution in [0.3, 0.4) is 0 Å². The quantitative estimate of drug-likeness (QED) is 0.311. The van der Waals surface area contributed by atoms with Crippen LogP contribution in [-0.2, 0) is 0 Å². The van der Waals surface area contributed by atoms with E-state index in [9.17, 15) is 5.11 Å². The van der Waals surface area contributed by atoms with E-state index in [1.54, 1.807) is 0 Å². The van der Waals surface area contributed by atoms with E-state index in [0.717, 1.165) is 48.5 Å². The number of unbranched alkanes of at least 4 members (excludes halogenated alkanes) is 2. The summed E-state index contributed by atoms with van der Waals surface area (Å²) in [5, 5.41) is 13.5. The van der Waals surface area contributed by atoms with E-state index in [1.807, 2.05) is 23.1 Å². The van der Waals surface area contributed by atoms with E-state index >= 15 is 0 Å². The standard InChI is InChI=1S/C23H29ClOS2/c1-2-3-4-6-21(25)17-8-10-18(11-9-17)23-19(12-13-20(23)24)14-16-27-22-7-5-15-26-22/h5,7-11,15,19,21,25H,2-4,6,12-14,16H2,1H3/t19-,21?/m1/s1. The fourth-order valence-electron chi connectivity index (χ4n) is 3.77. The molecular formula is C23H29ClOS2. The summed E-state index contributed by atoms with van der Waals surface area (Å²) in [6.45, 7) is 2.19. The molecule has 1 unspecified atom stereocenters. The van der Waals surface area contributed by atoms with Gasteiger partial charge in [0.2, 0.25) is 0 Å². The third-order valence-corrected chi connectivity index (χ3v) is 7.86. The molecule has 1 N–H and O–H groups in total. The first-order chi connectivity index (χ1) is 13.2. The van der Waals surface area contributed by atoms with Gasteiger partial charge in [0.1, 0.15) is 0 Å². The first-order valence-corrected chi connectivity index (χ1v) is 12.3. The van der Waals surface area contributed by atoms with Crippen LogP contribution in [0.2, 0.25) is 0 Å². The minimum absolute atomic E-state index is 0.350. The van der Waals surface area contributed by atoms with Gasteiger partial charge in [-0.2, -0.15) is 0 Å². The molecule has 1 aromatic carbocycles. The molecule has 1 aliphatic carbocycles. The predicted molar refractivity (Wildman–Crippen MR) is 121 cm³/mol. The Morgan fingerprint density at radius 1 is 1.22 bits per heavy atom. The summed E-state index contributed by atoms with van der Waals surface area (Å²) in [7, 11) is 0. The van der Waals surface area contributed by atoms with E-state index in [0.29, 0.717) is 5.92 Å². The number of thiophene rings is 1. The molecule has 1 aliphatic rings. The molecule has 0 saturated heterocycles. The maximum atomic E-state index is 10.4. The molecule has 2 atom stereocenters. The summed E-state index contributed by atoms with van der Waals surface area (Å²) in [5.74, 6) is 1.68. The van der Waals surface area contributed by atoms with Gasteiger partial charge in [-0.3, -0.25) is 0 Å². The molecule has 1 nitrogen and oxygen atoms in total. The second kappa shape index (κ2) is 10.7. The van der Waals surface area contributed by atoms with Crippen molar-refractivity contribution < 1.29 is 5.11 Å². The number of rotatable bonds is 10. The van der Waals surface area contributed by atoms with Gasteiger partial charge < -0.3 is 5.11 Å². The number of benzene rings is 1. The Kier molecular flexibility index (Phi) is 8.32.